The molecule has 4 rings (SSSR count). The summed E-state index contributed by atoms with van der Waals surface area (Å²) in [6, 6.07) is 17.0. The number of carbonyl (C=O) groups excluding carboxylic acids is 1. The standard InChI is InChI=1S/C27H22F5N3OS/c28-22-8-4-18(5-9-22)14-35(15-19-6-10-23(29)11-7-19)16-25-34-24(17-37-25)26(36)33-13-20-2-1-3-21(12-20)27(30,31)32/h1-12,17H,13-16H2,(H,33,36). The van der Waals surface area contributed by atoms with Crippen LogP contribution in [0.5, 0.6) is 0 Å². The molecule has 0 aliphatic heterocycles. The Morgan fingerprint density at radius 2 is 1.43 bits per heavy atom. The number of alkyl halides is 3. The molecular weight excluding hydrogens is 509 g/mol. The number of halogens is 5. The first-order chi connectivity index (χ1) is 17.7. The van der Waals surface area contributed by atoms with Gasteiger partial charge in [-0.1, -0.05) is 36.4 Å². The highest BCUT2D eigenvalue weighted by Crippen LogP contribution is 2.29. The van der Waals surface area contributed by atoms with Crippen molar-refractivity contribution in [3.05, 3.63) is 123 Å². The monoisotopic (exact) mass is 531 g/mol. The fourth-order valence-electron chi connectivity index (χ4n) is 3.67. The molecule has 1 aromatic heterocycles. The summed E-state index contributed by atoms with van der Waals surface area (Å²) in [5, 5.41) is 4.84. The number of aromatic nitrogens is 1. The van der Waals surface area contributed by atoms with Gasteiger partial charge in [-0.2, -0.15) is 13.2 Å². The number of carbonyl (C=O) groups is 1. The lowest BCUT2D eigenvalue weighted by Gasteiger charge is -2.21. The Bertz CT molecular complexity index is 1290. The Kier molecular flexibility index (Phi) is 8.30. The molecule has 0 fully saturated rings. The van der Waals surface area contributed by atoms with E-state index in [1.165, 1.54) is 47.7 Å². The van der Waals surface area contributed by atoms with Gasteiger partial charge in [0.2, 0.25) is 0 Å². The van der Waals surface area contributed by atoms with Gasteiger partial charge in [-0.25, -0.2) is 13.8 Å². The molecule has 192 valence electrons. The highest BCUT2D eigenvalue weighted by atomic mass is 32.1. The van der Waals surface area contributed by atoms with Gasteiger partial charge >= 0.3 is 6.18 Å². The van der Waals surface area contributed by atoms with Crippen LogP contribution in [-0.4, -0.2) is 15.8 Å². The summed E-state index contributed by atoms with van der Waals surface area (Å²) in [5.74, 6) is -1.17. The molecule has 10 heteroatoms. The molecule has 3 aromatic carbocycles. The lowest BCUT2D eigenvalue weighted by Crippen LogP contribution is -2.24. The third-order valence-electron chi connectivity index (χ3n) is 5.49. The summed E-state index contributed by atoms with van der Waals surface area (Å²) < 4.78 is 65.4. The van der Waals surface area contributed by atoms with E-state index in [0.717, 1.165) is 23.3 Å². The van der Waals surface area contributed by atoms with Gasteiger partial charge in [-0.15, -0.1) is 11.3 Å². The number of rotatable bonds is 9. The summed E-state index contributed by atoms with van der Waals surface area (Å²) in [6.45, 7) is 1.24. The fraction of sp³-hybridized carbons (Fsp3) is 0.185. The molecule has 4 nitrogen and oxygen atoms in total. The minimum atomic E-state index is -4.46. The first-order valence-corrected chi connectivity index (χ1v) is 12.1. The van der Waals surface area contributed by atoms with E-state index in [4.69, 9.17) is 0 Å². The van der Waals surface area contributed by atoms with Gasteiger partial charge in [-0.05, 0) is 53.1 Å². The Balaban J connectivity index is 1.42. The molecule has 0 spiro atoms. The quantitative estimate of drug-likeness (QED) is 0.249. The zero-order valence-electron chi connectivity index (χ0n) is 19.4. The van der Waals surface area contributed by atoms with E-state index in [-0.39, 0.29) is 23.9 Å². The maximum absolute atomic E-state index is 13.3. The molecule has 0 saturated carbocycles. The van der Waals surface area contributed by atoms with Crippen molar-refractivity contribution in [3.63, 3.8) is 0 Å². The first-order valence-electron chi connectivity index (χ1n) is 11.3. The van der Waals surface area contributed by atoms with Crippen molar-refractivity contribution < 1.29 is 26.7 Å². The molecule has 0 aliphatic carbocycles. The molecule has 0 saturated heterocycles. The Morgan fingerprint density at radius 1 is 0.838 bits per heavy atom. The maximum atomic E-state index is 13.3. The number of thiazole rings is 1. The summed E-state index contributed by atoms with van der Waals surface area (Å²) >= 11 is 1.28. The lowest BCUT2D eigenvalue weighted by atomic mass is 10.1. The molecule has 1 N–H and O–H groups in total. The molecular formula is C27H22F5N3OS. The second-order valence-corrected chi connectivity index (χ2v) is 9.35. The third kappa shape index (κ3) is 7.68. The Morgan fingerprint density at radius 3 is 2.00 bits per heavy atom. The molecule has 0 atom stereocenters. The highest BCUT2D eigenvalue weighted by Gasteiger charge is 2.30. The van der Waals surface area contributed by atoms with Crippen molar-refractivity contribution in [1.82, 2.24) is 15.2 Å². The van der Waals surface area contributed by atoms with Crippen molar-refractivity contribution in [1.29, 1.82) is 0 Å². The van der Waals surface area contributed by atoms with Gasteiger partial charge in [0.15, 0.2) is 0 Å². The van der Waals surface area contributed by atoms with Crippen LogP contribution in [0.4, 0.5) is 22.0 Å². The van der Waals surface area contributed by atoms with E-state index in [2.05, 4.69) is 10.3 Å². The van der Waals surface area contributed by atoms with Crippen molar-refractivity contribution in [3.8, 4) is 0 Å². The predicted octanol–water partition coefficient (Wildman–Crippen LogP) is 6.57. The molecule has 0 aliphatic rings. The van der Waals surface area contributed by atoms with Gasteiger partial charge in [0.1, 0.15) is 22.3 Å². The van der Waals surface area contributed by atoms with Crippen LogP contribution >= 0.6 is 11.3 Å². The SMILES string of the molecule is O=C(NCc1cccc(C(F)(F)F)c1)c1csc(CN(Cc2ccc(F)cc2)Cc2ccc(F)cc2)n1. The molecule has 37 heavy (non-hydrogen) atoms. The van der Waals surface area contributed by atoms with E-state index >= 15 is 0 Å². The first kappa shape index (κ1) is 26.4. The predicted molar refractivity (Wildman–Crippen MR) is 130 cm³/mol. The van der Waals surface area contributed by atoms with Crippen LogP contribution in [0, 0.1) is 11.6 Å². The van der Waals surface area contributed by atoms with Crippen LogP contribution in [0.2, 0.25) is 0 Å². The van der Waals surface area contributed by atoms with Crippen LogP contribution < -0.4 is 5.32 Å². The van der Waals surface area contributed by atoms with Crippen LogP contribution in [-0.2, 0) is 32.4 Å². The van der Waals surface area contributed by atoms with Crippen LogP contribution in [0.15, 0.2) is 78.2 Å². The normalized spacial score (nSPS) is 11.6. The lowest BCUT2D eigenvalue weighted by molar-refractivity contribution is -0.137. The van der Waals surface area contributed by atoms with Gasteiger partial charge < -0.3 is 5.32 Å². The summed E-state index contributed by atoms with van der Waals surface area (Å²) in [5.41, 5.74) is 1.45. The van der Waals surface area contributed by atoms with Crippen molar-refractivity contribution in [2.24, 2.45) is 0 Å². The Labute approximate surface area is 214 Å². The van der Waals surface area contributed by atoms with Crippen LogP contribution in [0.1, 0.15) is 37.7 Å². The average molecular weight is 532 g/mol. The fourth-order valence-corrected chi connectivity index (χ4v) is 4.49. The largest absolute Gasteiger partial charge is 0.416 e. The minimum Gasteiger partial charge on any atom is -0.347 e. The summed E-state index contributed by atoms with van der Waals surface area (Å²) in [4.78, 5) is 19.0. The van der Waals surface area contributed by atoms with Gasteiger partial charge in [0, 0.05) is 25.0 Å². The second kappa shape index (κ2) is 11.6. The smallest absolute Gasteiger partial charge is 0.347 e. The van der Waals surface area contributed by atoms with Crippen molar-refractivity contribution >= 4 is 17.2 Å². The van der Waals surface area contributed by atoms with E-state index in [9.17, 15) is 26.7 Å². The highest BCUT2D eigenvalue weighted by molar-refractivity contribution is 7.09. The van der Waals surface area contributed by atoms with Gasteiger partial charge in [0.05, 0.1) is 12.1 Å². The number of nitrogens with one attached hydrogen (secondary N) is 1. The topological polar surface area (TPSA) is 45.2 Å². The number of amides is 1. The summed E-state index contributed by atoms with van der Waals surface area (Å²) in [7, 11) is 0. The van der Waals surface area contributed by atoms with Crippen molar-refractivity contribution in [2.45, 2.75) is 32.4 Å². The number of hydrogen-bond donors (Lipinski definition) is 1. The van der Waals surface area contributed by atoms with E-state index in [1.54, 1.807) is 29.6 Å². The zero-order valence-corrected chi connectivity index (χ0v) is 20.3. The maximum Gasteiger partial charge on any atom is 0.416 e. The number of benzene rings is 3. The molecule has 0 bridgehead atoms. The molecule has 4 aromatic rings. The van der Waals surface area contributed by atoms with E-state index in [0.29, 0.717) is 30.2 Å². The molecule has 0 unspecified atom stereocenters. The summed E-state index contributed by atoms with van der Waals surface area (Å²) in [6.07, 6.45) is -4.46. The third-order valence-corrected chi connectivity index (χ3v) is 6.32. The second-order valence-electron chi connectivity index (χ2n) is 8.41. The van der Waals surface area contributed by atoms with Crippen LogP contribution in [0.3, 0.4) is 0 Å². The number of nitrogens with zero attached hydrogens (tertiary/aromatic N) is 2. The zero-order chi connectivity index (χ0) is 26.4. The van der Waals surface area contributed by atoms with Crippen LogP contribution in [0.25, 0.3) is 0 Å². The Hall–Kier alpha value is -3.63. The minimum absolute atomic E-state index is 0.0725. The van der Waals surface area contributed by atoms with Gasteiger partial charge in [-0.3, -0.25) is 9.69 Å². The van der Waals surface area contributed by atoms with E-state index < -0.39 is 17.6 Å². The molecule has 1 heterocycles. The van der Waals surface area contributed by atoms with Gasteiger partial charge in [0.25, 0.3) is 5.91 Å². The van der Waals surface area contributed by atoms with E-state index in [1.807, 2.05) is 4.90 Å². The molecule has 1 amide bonds. The molecule has 0 radical (unpaired) electrons. The van der Waals surface area contributed by atoms with Crippen molar-refractivity contribution in [2.75, 3.05) is 0 Å². The number of hydrogen-bond acceptors (Lipinski definition) is 4. The average Bonchev–Trinajstić information content (AvgIpc) is 3.33.